The normalized spacial score (nSPS) is 13.7. The van der Waals surface area contributed by atoms with Crippen LogP contribution in [-0.2, 0) is 0 Å². The van der Waals surface area contributed by atoms with Gasteiger partial charge >= 0.3 is 0 Å². The molecule has 0 amide bonds. The van der Waals surface area contributed by atoms with Crippen LogP contribution in [-0.4, -0.2) is 11.2 Å². The highest BCUT2D eigenvalue weighted by molar-refractivity contribution is 6.15. The van der Waals surface area contributed by atoms with Crippen LogP contribution in [0, 0.1) is 6.92 Å². The molecule has 1 aromatic heterocycles. The fraction of sp³-hybridized carbons (Fsp3) is 0.111. The van der Waals surface area contributed by atoms with Gasteiger partial charge in [-0.15, -0.1) is 0 Å². The summed E-state index contributed by atoms with van der Waals surface area (Å²) in [5.41, 5.74) is 3.25. The summed E-state index contributed by atoms with van der Waals surface area (Å²) in [5.74, 6) is 0.801. The van der Waals surface area contributed by atoms with Gasteiger partial charge in [-0.25, -0.2) is 9.98 Å². The van der Waals surface area contributed by atoms with Crippen molar-refractivity contribution in [2.24, 2.45) is 4.99 Å². The summed E-state index contributed by atoms with van der Waals surface area (Å²) in [6.45, 7) is 5.91. The van der Waals surface area contributed by atoms with E-state index >= 15 is 0 Å². The highest BCUT2D eigenvalue weighted by Gasteiger charge is 2.12. The molecule has 0 aromatic carbocycles. The van der Waals surface area contributed by atoms with Gasteiger partial charge in [0, 0.05) is 18.0 Å². The van der Waals surface area contributed by atoms with Crippen molar-refractivity contribution in [2.45, 2.75) is 6.92 Å². The lowest BCUT2D eigenvalue weighted by molar-refractivity contribution is 1.25. The Kier molecular flexibility index (Phi) is 1.15. The smallest absolute Gasteiger partial charge is 0.160 e. The Balaban J connectivity index is 2.74. The Labute approximate surface area is 65.3 Å². The van der Waals surface area contributed by atoms with E-state index < -0.39 is 0 Å². The molecule has 11 heavy (non-hydrogen) atoms. The maximum atomic E-state index is 4.11. The van der Waals surface area contributed by atoms with E-state index in [2.05, 4.69) is 16.6 Å². The molecular weight excluding hydrogens is 136 g/mol. The monoisotopic (exact) mass is 144 g/mol. The average Bonchev–Trinajstić information content (AvgIpc) is 2.34. The molecule has 0 N–H and O–H groups in total. The van der Waals surface area contributed by atoms with Crippen LogP contribution >= 0.6 is 0 Å². The van der Waals surface area contributed by atoms with Gasteiger partial charge in [0.2, 0.25) is 0 Å². The van der Waals surface area contributed by atoms with Crippen molar-refractivity contribution in [3.8, 4) is 0 Å². The van der Waals surface area contributed by atoms with Gasteiger partial charge in [-0.3, -0.25) is 0 Å². The van der Waals surface area contributed by atoms with Gasteiger partial charge in [-0.2, -0.15) is 0 Å². The molecule has 2 heteroatoms. The summed E-state index contributed by atoms with van der Waals surface area (Å²) < 4.78 is 0. The zero-order valence-electron chi connectivity index (χ0n) is 6.33. The molecule has 0 unspecified atom stereocenters. The number of rotatable bonds is 0. The van der Waals surface area contributed by atoms with E-state index in [9.17, 15) is 0 Å². The van der Waals surface area contributed by atoms with Gasteiger partial charge in [-0.1, -0.05) is 6.58 Å². The minimum absolute atomic E-state index is 0.801. The van der Waals surface area contributed by atoms with E-state index in [4.69, 9.17) is 0 Å². The Hall–Kier alpha value is -1.44. The summed E-state index contributed by atoms with van der Waals surface area (Å²) in [6.07, 6.45) is 3.52. The maximum Gasteiger partial charge on any atom is 0.160 e. The number of allylic oxidation sites excluding steroid dienone is 1. The van der Waals surface area contributed by atoms with Crippen molar-refractivity contribution in [3.05, 3.63) is 30.0 Å². The molecule has 0 saturated heterocycles. The second-order valence-electron chi connectivity index (χ2n) is 2.61. The minimum Gasteiger partial charge on any atom is -0.237 e. The Bertz CT molecular complexity index is 351. The summed E-state index contributed by atoms with van der Waals surface area (Å²) in [7, 11) is 0. The van der Waals surface area contributed by atoms with Crippen molar-refractivity contribution in [1.29, 1.82) is 0 Å². The summed E-state index contributed by atoms with van der Waals surface area (Å²) in [5, 5.41) is 0. The lowest BCUT2D eigenvalue weighted by Gasteiger charge is -2.00. The third kappa shape index (κ3) is 0.792. The number of aromatic nitrogens is 1. The second kappa shape index (κ2) is 2.02. The first-order valence-corrected chi connectivity index (χ1v) is 3.48. The minimum atomic E-state index is 0.801. The predicted molar refractivity (Wildman–Crippen MR) is 46.2 cm³/mol. The molecule has 0 fully saturated rings. The van der Waals surface area contributed by atoms with Crippen LogP contribution in [0.3, 0.4) is 0 Å². The van der Waals surface area contributed by atoms with Gasteiger partial charge < -0.3 is 0 Å². The molecule has 2 rings (SSSR count). The lowest BCUT2D eigenvalue weighted by atomic mass is 10.1. The summed E-state index contributed by atoms with van der Waals surface area (Å²) >= 11 is 0. The third-order valence-electron chi connectivity index (χ3n) is 1.80. The highest BCUT2D eigenvalue weighted by Crippen LogP contribution is 2.30. The lowest BCUT2D eigenvalue weighted by Crippen LogP contribution is -1.84. The molecule has 1 aliphatic rings. The van der Waals surface area contributed by atoms with Gasteiger partial charge in [0.25, 0.3) is 0 Å². The van der Waals surface area contributed by atoms with Crippen molar-refractivity contribution in [1.82, 2.24) is 4.98 Å². The Morgan fingerprint density at radius 3 is 3.00 bits per heavy atom. The standard InChI is InChI=1S/C9H8N2/c1-6-3-4-10-9-8(6)7(2)5-11-9/h3-5H,2H2,1H3. The topological polar surface area (TPSA) is 25.2 Å². The van der Waals surface area contributed by atoms with Crippen LogP contribution in [0.4, 0.5) is 5.82 Å². The summed E-state index contributed by atoms with van der Waals surface area (Å²) in [4.78, 5) is 8.22. The van der Waals surface area contributed by atoms with Crippen molar-refractivity contribution < 1.29 is 0 Å². The molecule has 1 aromatic rings. The SMILES string of the molecule is C=C1C=Nc2nccc(C)c21. The van der Waals surface area contributed by atoms with E-state index in [1.165, 1.54) is 5.56 Å². The maximum absolute atomic E-state index is 4.11. The first kappa shape index (κ1) is 6.28. The Morgan fingerprint density at radius 2 is 2.27 bits per heavy atom. The van der Waals surface area contributed by atoms with Gasteiger partial charge in [-0.05, 0) is 24.1 Å². The zero-order valence-corrected chi connectivity index (χ0v) is 6.33. The largest absolute Gasteiger partial charge is 0.237 e. The fourth-order valence-electron chi connectivity index (χ4n) is 1.24. The number of hydrogen-bond acceptors (Lipinski definition) is 2. The van der Waals surface area contributed by atoms with Crippen LogP contribution in [0.15, 0.2) is 23.8 Å². The molecule has 0 saturated carbocycles. The molecular formula is C9H8N2. The van der Waals surface area contributed by atoms with Gasteiger partial charge in [0.15, 0.2) is 5.82 Å². The average molecular weight is 144 g/mol. The molecule has 0 bridgehead atoms. The summed E-state index contributed by atoms with van der Waals surface area (Å²) in [6, 6.07) is 1.97. The fourth-order valence-corrected chi connectivity index (χ4v) is 1.24. The quantitative estimate of drug-likeness (QED) is 0.547. The third-order valence-corrected chi connectivity index (χ3v) is 1.80. The molecule has 2 nitrogen and oxygen atoms in total. The molecule has 0 aliphatic carbocycles. The number of hydrogen-bond donors (Lipinski definition) is 0. The van der Waals surface area contributed by atoms with E-state index in [0.717, 1.165) is 17.0 Å². The highest BCUT2D eigenvalue weighted by atomic mass is 14.9. The first-order valence-electron chi connectivity index (χ1n) is 3.48. The van der Waals surface area contributed by atoms with Crippen molar-refractivity contribution in [2.75, 3.05) is 0 Å². The number of aliphatic imine (C=N–C) groups is 1. The van der Waals surface area contributed by atoms with Gasteiger partial charge in [0.1, 0.15) is 0 Å². The van der Waals surface area contributed by atoms with Crippen LogP contribution in [0.5, 0.6) is 0 Å². The molecule has 1 aliphatic heterocycles. The van der Waals surface area contributed by atoms with Gasteiger partial charge in [0.05, 0.1) is 0 Å². The van der Waals surface area contributed by atoms with E-state index in [-0.39, 0.29) is 0 Å². The van der Waals surface area contributed by atoms with Crippen LogP contribution < -0.4 is 0 Å². The van der Waals surface area contributed by atoms with E-state index in [1.807, 2.05) is 13.0 Å². The molecule has 0 radical (unpaired) electrons. The van der Waals surface area contributed by atoms with Crippen molar-refractivity contribution in [3.63, 3.8) is 0 Å². The second-order valence-corrected chi connectivity index (χ2v) is 2.61. The number of nitrogens with zero attached hydrogens (tertiary/aromatic N) is 2. The molecule has 0 spiro atoms. The number of aryl methyl sites for hydroxylation is 1. The number of pyridine rings is 1. The van der Waals surface area contributed by atoms with E-state index in [0.29, 0.717) is 0 Å². The molecule has 0 atom stereocenters. The zero-order chi connectivity index (χ0) is 7.84. The Morgan fingerprint density at radius 1 is 1.45 bits per heavy atom. The van der Waals surface area contributed by atoms with E-state index in [1.54, 1.807) is 12.4 Å². The first-order chi connectivity index (χ1) is 5.29. The van der Waals surface area contributed by atoms with Crippen molar-refractivity contribution >= 4 is 17.6 Å². The molecule has 2 heterocycles. The predicted octanol–water partition coefficient (Wildman–Crippen LogP) is 2.12. The number of fused-ring (bicyclic) bond motifs is 1. The van der Waals surface area contributed by atoms with Crippen LogP contribution in [0.25, 0.3) is 5.57 Å². The molecule has 54 valence electrons. The van der Waals surface area contributed by atoms with Crippen LogP contribution in [0.2, 0.25) is 0 Å². The van der Waals surface area contributed by atoms with Crippen LogP contribution in [0.1, 0.15) is 11.1 Å².